The third-order valence-corrected chi connectivity index (χ3v) is 5.09. The molecule has 19 heavy (non-hydrogen) atoms. The quantitative estimate of drug-likeness (QED) is 0.929. The number of nitrogens with one attached hydrogen (secondary N) is 1. The Bertz CT molecular complexity index is 533. The van der Waals surface area contributed by atoms with Gasteiger partial charge in [-0.2, -0.15) is 13.2 Å². The molecule has 0 fully saturated rings. The Balaban J connectivity index is 2.76. The van der Waals surface area contributed by atoms with Crippen LogP contribution in [0.3, 0.4) is 0 Å². The monoisotopic (exact) mass is 295 g/mol. The molecule has 3 nitrogen and oxygen atoms in total. The molecule has 1 aromatic rings. The highest BCUT2D eigenvalue weighted by Gasteiger charge is 2.31. The Morgan fingerprint density at radius 3 is 1.95 bits per heavy atom. The summed E-state index contributed by atoms with van der Waals surface area (Å²) in [6.07, 6.45) is -3.24. The van der Waals surface area contributed by atoms with Crippen molar-refractivity contribution >= 4 is 15.5 Å². The molecule has 0 aromatic heterocycles. The summed E-state index contributed by atoms with van der Waals surface area (Å²) < 4.78 is 59.0. The first-order chi connectivity index (χ1) is 8.43. The maximum atomic E-state index is 12.4. The first-order valence-electron chi connectivity index (χ1n) is 5.54. The summed E-state index contributed by atoms with van der Waals surface area (Å²) in [4.78, 5) is 0. The van der Waals surface area contributed by atoms with E-state index in [0.29, 0.717) is 5.69 Å². The molecule has 0 aliphatic carbocycles. The van der Waals surface area contributed by atoms with Gasteiger partial charge in [0, 0.05) is 18.5 Å². The van der Waals surface area contributed by atoms with Gasteiger partial charge in [0.15, 0.2) is 9.84 Å². The van der Waals surface area contributed by atoms with Gasteiger partial charge in [-0.1, -0.05) is 0 Å². The van der Waals surface area contributed by atoms with Crippen molar-refractivity contribution in [2.24, 2.45) is 0 Å². The average molecular weight is 295 g/mol. The van der Waals surface area contributed by atoms with Crippen LogP contribution in [-0.4, -0.2) is 26.0 Å². The van der Waals surface area contributed by atoms with Gasteiger partial charge in [0.2, 0.25) is 0 Å². The zero-order chi connectivity index (χ0) is 14.9. The summed E-state index contributed by atoms with van der Waals surface area (Å²) in [6.45, 7) is 3.23. The smallest absolute Gasteiger partial charge is 0.383 e. The first kappa shape index (κ1) is 15.8. The van der Waals surface area contributed by atoms with Crippen LogP contribution in [0.2, 0.25) is 0 Å². The number of hydrogen-bond donors (Lipinski definition) is 1. The number of alkyl halides is 3. The molecule has 1 N–H and O–H groups in total. The first-order valence-corrected chi connectivity index (χ1v) is 7.43. The summed E-state index contributed by atoms with van der Waals surface area (Å²) in [7, 11) is -3.25. The molecule has 0 saturated heterocycles. The molecule has 0 saturated carbocycles. The highest BCUT2D eigenvalue weighted by atomic mass is 32.2. The Morgan fingerprint density at radius 2 is 1.58 bits per heavy atom. The van der Waals surface area contributed by atoms with Crippen LogP contribution >= 0.6 is 0 Å². The van der Waals surface area contributed by atoms with Gasteiger partial charge in [0.05, 0.1) is 10.3 Å². The van der Waals surface area contributed by atoms with E-state index in [9.17, 15) is 21.6 Å². The van der Waals surface area contributed by atoms with Crippen molar-refractivity contribution in [2.45, 2.75) is 24.8 Å². The van der Waals surface area contributed by atoms with Crippen molar-refractivity contribution in [3.63, 3.8) is 0 Å². The van der Waals surface area contributed by atoms with E-state index in [1.165, 1.54) is 12.1 Å². The molecule has 0 amide bonds. The van der Waals surface area contributed by atoms with Gasteiger partial charge in [0.25, 0.3) is 0 Å². The molecule has 0 aliphatic heterocycles. The van der Waals surface area contributed by atoms with Crippen LogP contribution in [0.4, 0.5) is 18.9 Å². The Labute approximate surface area is 110 Å². The van der Waals surface area contributed by atoms with E-state index >= 15 is 0 Å². The summed E-state index contributed by atoms with van der Waals surface area (Å²) >= 11 is 0. The fraction of sp³-hybridized carbons (Fsp3) is 0.500. The van der Waals surface area contributed by atoms with Crippen LogP contribution in [0.25, 0.3) is 0 Å². The maximum Gasteiger partial charge on any atom is 0.416 e. The lowest BCUT2D eigenvalue weighted by atomic mass is 10.1. The van der Waals surface area contributed by atoms with Crippen molar-refractivity contribution in [3.8, 4) is 0 Å². The molecule has 108 valence electrons. The van der Waals surface area contributed by atoms with Crippen molar-refractivity contribution in [1.82, 2.24) is 0 Å². The molecule has 0 radical (unpaired) electrons. The van der Waals surface area contributed by atoms with Crippen molar-refractivity contribution < 1.29 is 21.6 Å². The summed E-state index contributed by atoms with van der Waals surface area (Å²) in [6, 6.07) is 4.47. The second kappa shape index (κ2) is 5.03. The van der Waals surface area contributed by atoms with Crippen LogP contribution in [0.5, 0.6) is 0 Å². The minimum Gasteiger partial charge on any atom is -0.383 e. The third-order valence-electron chi connectivity index (χ3n) is 2.93. The molecule has 0 spiro atoms. The van der Waals surface area contributed by atoms with Gasteiger partial charge in [0.1, 0.15) is 0 Å². The van der Waals surface area contributed by atoms with Gasteiger partial charge in [-0.25, -0.2) is 8.42 Å². The number of benzene rings is 1. The van der Waals surface area contributed by atoms with E-state index < -0.39 is 26.3 Å². The van der Waals surface area contributed by atoms with E-state index in [0.717, 1.165) is 18.4 Å². The molecule has 0 aliphatic rings. The van der Waals surface area contributed by atoms with E-state index in [-0.39, 0.29) is 6.54 Å². The van der Waals surface area contributed by atoms with Crippen LogP contribution < -0.4 is 5.32 Å². The zero-order valence-corrected chi connectivity index (χ0v) is 11.7. The molecule has 0 bridgehead atoms. The van der Waals surface area contributed by atoms with Gasteiger partial charge in [-0.15, -0.1) is 0 Å². The van der Waals surface area contributed by atoms with Gasteiger partial charge in [-0.3, -0.25) is 0 Å². The van der Waals surface area contributed by atoms with Crippen LogP contribution in [0.1, 0.15) is 19.4 Å². The standard InChI is InChI=1S/C12H16F3NO2S/c1-11(2,19(3,17)18)8-16-10-6-4-9(5-7-10)12(13,14)15/h4-7,16H,8H2,1-3H3. The highest BCUT2D eigenvalue weighted by Crippen LogP contribution is 2.30. The SMILES string of the molecule is CC(C)(CNc1ccc(C(F)(F)F)cc1)S(C)(=O)=O. The molecule has 7 heteroatoms. The van der Waals surface area contributed by atoms with Crippen LogP contribution in [0, 0.1) is 0 Å². The van der Waals surface area contributed by atoms with Crippen LogP contribution in [-0.2, 0) is 16.0 Å². The van der Waals surface area contributed by atoms with E-state index in [4.69, 9.17) is 0 Å². The highest BCUT2D eigenvalue weighted by molar-refractivity contribution is 7.92. The van der Waals surface area contributed by atoms with Crippen LogP contribution in [0.15, 0.2) is 24.3 Å². The molecule has 1 rings (SSSR count). The van der Waals surface area contributed by atoms with E-state index in [2.05, 4.69) is 5.32 Å². The van der Waals surface area contributed by atoms with Gasteiger partial charge in [-0.05, 0) is 38.1 Å². The summed E-state index contributed by atoms with van der Waals surface area (Å²) in [5, 5.41) is 2.82. The summed E-state index contributed by atoms with van der Waals surface area (Å²) in [5.74, 6) is 0. The predicted molar refractivity (Wildman–Crippen MR) is 68.9 cm³/mol. The topological polar surface area (TPSA) is 46.2 Å². The second-order valence-electron chi connectivity index (χ2n) is 4.96. The summed E-state index contributed by atoms with van der Waals surface area (Å²) in [5.41, 5.74) is -0.287. The molecule has 1 aromatic carbocycles. The molecule has 0 atom stereocenters. The lowest BCUT2D eigenvalue weighted by Gasteiger charge is -2.23. The Hall–Kier alpha value is -1.24. The van der Waals surface area contributed by atoms with Crippen molar-refractivity contribution in [1.29, 1.82) is 0 Å². The fourth-order valence-electron chi connectivity index (χ4n) is 1.22. The minimum absolute atomic E-state index is 0.122. The second-order valence-corrected chi connectivity index (χ2v) is 7.61. The predicted octanol–water partition coefficient (Wildman–Crippen LogP) is 2.94. The Kier molecular flexibility index (Phi) is 4.19. The number of sulfone groups is 1. The molecular weight excluding hydrogens is 279 g/mol. The molecule has 0 unspecified atom stereocenters. The van der Waals surface area contributed by atoms with Crippen molar-refractivity contribution in [2.75, 3.05) is 18.1 Å². The van der Waals surface area contributed by atoms with E-state index in [1.54, 1.807) is 13.8 Å². The largest absolute Gasteiger partial charge is 0.416 e. The zero-order valence-electron chi connectivity index (χ0n) is 10.9. The lowest BCUT2D eigenvalue weighted by molar-refractivity contribution is -0.137. The molecule has 0 heterocycles. The van der Waals surface area contributed by atoms with Gasteiger partial charge >= 0.3 is 6.18 Å². The van der Waals surface area contributed by atoms with Crippen molar-refractivity contribution in [3.05, 3.63) is 29.8 Å². The lowest BCUT2D eigenvalue weighted by Crippen LogP contribution is -2.38. The number of rotatable bonds is 4. The van der Waals surface area contributed by atoms with Gasteiger partial charge < -0.3 is 5.32 Å². The third kappa shape index (κ3) is 4.12. The minimum atomic E-state index is -4.37. The number of halogens is 3. The fourth-order valence-corrected chi connectivity index (χ4v) is 1.56. The maximum absolute atomic E-state index is 12.4. The van der Waals surface area contributed by atoms with E-state index in [1.807, 2.05) is 0 Å². The molecular formula is C12H16F3NO2S. The Morgan fingerprint density at radius 1 is 1.11 bits per heavy atom. The average Bonchev–Trinajstić information content (AvgIpc) is 2.24. The number of anilines is 1. The normalized spacial score (nSPS) is 13.4. The number of hydrogen-bond acceptors (Lipinski definition) is 3.